The van der Waals surface area contributed by atoms with Gasteiger partial charge in [0, 0.05) is 0 Å². The Morgan fingerprint density at radius 2 is 2.15 bits per heavy atom. The first kappa shape index (κ1) is 12.3. The monoisotopic (exact) mass is 190 g/mol. The molecule has 0 aliphatic heterocycles. The molecule has 0 aromatic carbocycles. The van der Waals surface area contributed by atoms with Crippen LogP contribution in [0.1, 0.15) is 20.3 Å². The maximum Gasteiger partial charge on any atom is 0.239 e. The molecule has 5 N–H and O–H groups in total. The second-order valence-corrected chi connectivity index (χ2v) is 3.12. The highest BCUT2D eigenvalue weighted by Gasteiger charge is 2.20. The summed E-state index contributed by atoms with van der Waals surface area (Å²) >= 11 is 0. The summed E-state index contributed by atoms with van der Waals surface area (Å²) in [6, 6.07) is -0.633. The van der Waals surface area contributed by atoms with Crippen molar-refractivity contribution < 1.29 is 15.0 Å². The topological polar surface area (TPSA) is 95.6 Å². The molecule has 1 amide bonds. The number of carbonyl (C=O) groups excluding carboxylic acids is 1. The van der Waals surface area contributed by atoms with Crippen LogP contribution < -0.4 is 11.1 Å². The molecule has 13 heavy (non-hydrogen) atoms. The van der Waals surface area contributed by atoms with E-state index in [0.717, 1.165) is 6.42 Å². The van der Waals surface area contributed by atoms with Gasteiger partial charge in [-0.2, -0.15) is 0 Å². The smallest absolute Gasteiger partial charge is 0.239 e. The maximum atomic E-state index is 11.2. The van der Waals surface area contributed by atoms with Gasteiger partial charge < -0.3 is 21.3 Å². The van der Waals surface area contributed by atoms with Gasteiger partial charge in [-0.25, -0.2) is 0 Å². The van der Waals surface area contributed by atoms with Crippen LogP contribution in [-0.2, 0) is 4.79 Å². The lowest BCUT2D eigenvalue weighted by Crippen LogP contribution is -2.49. The first-order valence-electron chi connectivity index (χ1n) is 4.37. The van der Waals surface area contributed by atoms with Crippen LogP contribution in [0, 0.1) is 5.92 Å². The zero-order chi connectivity index (χ0) is 10.4. The Labute approximate surface area is 77.9 Å². The van der Waals surface area contributed by atoms with Gasteiger partial charge in [0.15, 0.2) is 0 Å². The summed E-state index contributed by atoms with van der Waals surface area (Å²) in [5.74, 6) is -0.373. The van der Waals surface area contributed by atoms with Crippen LogP contribution in [0.3, 0.4) is 0 Å². The third kappa shape index (κ3) is 4.21. The number of aliphatic hydroxyl groups excluding tert-OH is 2. The van der Waals surface area contributed by atoms with Crippen molar-refractivity contribution >= 4 is 5.91 Å². The number of nitrogens with two attached hydrogens (primary N) is 1. The van der Waals surface area contributed by atoms with E-state index in [4.69, 9.17) is 15.9 Å². The Morgan fingerprint density at radius 1 is 1.62 bits per heavy atom. The summed E-state index contributed by atoms with van der Waals surface area (Å²) < 4.78 is 0. The van der Waals surface area contributed by atoms with Crippen molar-refractivity contribution in [2.24, 2.45) is 11.7 Å². The lowest BCUT2D eigenvalue weighted by molar-refractivity contribution is -0.127. The average molecular weight is 190 g/mol. The number of amides is 1. The minimum atomic E-state index is -1.22. The van der Waals surface area contributed by atoms with Crippen molar-refractivity contribution in [2.45, 2.75) is 32.5 Å². The average Bonchev–Trinajstić information content (AvgIpc) is 2.14. The van der Waals surface area contributed by atoms with Gasteiger partial charge >= 0.3 is 0 Å². The Balaban J connectivity index is 3.96. The molecule has 78 valence electrons. The number of nitrogens with one attached hydrogen (secondary N) is 1. The fourth-order valence-corrected chi connectivity index (χ4v) is 0.818. The van der Waals surface area contributed by atoms with Crippen LogP contribution in [0.25, 0.3) is 0 Å². The summed E-state index contributed by atoms with van der Waals surface area (Å²) in [5.41, 5.74) is 5.57. The summed E-state index contributed by atoms with van der Waals surface area (Å²) in [6.45, 7) is 3.29. The van der Waals surface area contributed by atoms with Crippen molar-refractivity contribution in [1.29, 1.82) is 0 Å². The van der Waals surface area contributed by atoms with E-state index < -0.39 is 24.8 Å². The molecule has 0 saturated carbocycles. The van der Waals surface area contributed by atoms with Gasteiger partial charge in [0.25, 0.3) is 0 Å². The first-order chi connectivity index (χ1) is 6.02. The highest BCUT2D eigenvalue weighted by atomic mass is 16.3. The minimum Gasteiger partial charge on any atom is -0.392 e. The quantitative estimate of drug-likeness (QED) is 0.409. The molecule has 0 heterocycles. The van der Waals surface area contributed by atoms with Gasteiger partial charge in [-0.1, -0.05) is 20.3 Å². The molecule has 0 aromatic heterocycles. The SMILES string of the molecule is CCC(C)C(N)C(=O)NC(O)CO. The van der Waals surface area contributed by atoms with Crippen molar-refractivity contribution in [3.63, 3.8) is 0 Å². The van der Waals surface area contributed by atoms with Crippen LogP contribution in [0.4, 0.5) is 0 Å². The van der Waals surface area contributed by atoms with Gasteiger partial charge in [0.05, 0.1) is 12.6 Å². The van der Waals surface area contributed by atoms with E-state index in [9.17, 15) is 4.79 Å². The van der Waals surface area contributed by atoms with Crippen LogP contribution in [0.15, 0.2) is 0 Å². The number of hydrogen-bond acceptors (Lipinski definition) is 4. The highest BCUT2D eigenvalue weighted by molar-refractivity contribution is 5.81. The summed E-state index contributed by atoms with van der Waals surface area (Å²) in [5, 5.41) is 19.5. The van der Waals surface area contributed by atoms with Crippen LogP contribution in [0.2, 0.25) is 0 Å². The minimum absolute atomic E-state index is 0.0610. The van der Waals surface area contributed by atoms with Gasteiger partial charge in [-0.15, -0.1) is 0 Å². The van der Waals surface area contributed by atoms with Crippen LogP contribution in [0.5, 0.6) is 0 Å². The van der Waals surface area contributed by atoms with E-state index in [1.807, 2.05) is 13.8 Å². The first-order valence-corrected chi connectivity index (χ1v) is 4.37. The van der Waals surface area contributed by atoms with E-state index >= 15 is 0 Å². The summed E-state index contributed by atoms with van der Waals surface area (Å²) in [4.78, 5) is 11.2. The molecule has 5 nitrogen and oxygen atoms in total. The predicted octanol–water partition coefficient (Wildman–Crippen LogP) is -1.21. The van der Waals surface area contributed by atoms with E-state index in [2.05, 4.69) is 5.32 Å². The van der Waals surface area contributed by atoms with Crippen molar-refractivity contribution in [3.05, 3.63) is 0 Å². The standard InChI is InChI=1S/C8H18N2O3/c1-3-5(2)7(9)8(13)10-6(12)4-11/h5-7,11-12H,3-4,9H2,1-2H3,(H,10,13). The zero-order valence-electron chi connectivity index (χ0n) is 8.03. The maximum absolute atomic E-state index is 11.2. The molecule has 0 aromatic rings. The largest absolute Gasteiger partial charge is 0.392 e. The van der Waals surface area contributed by atoms with Crippen molar-refractivity contribution in [2.75, 3.05) is 6.61 Å². The molecule has 0 saturated heterocycles. The fourth-order valence-electron chi connectivity index (χ4n) is 0.818. The molecule has 3 unspecified atom stereocenters. The number of hydrogen-bond donors (Lipinski definition) is 4. The zero-order valence-corrected chi connectivity index (χ0v) is 8.03. The third-order valence-electron chi connectivity index (χ3n) is 2.04. The molecule has 0 aliphatic rings. The Morgan fingerprint density at radius 3 is 2.54 bits per heavy atom. The molecule has 3 atom stereocenters. The Bertz CT molecular complexity index is 163. The molecule has 0 fully saturated rings. The van der Waals surface area contributed by atoms with Gasteiger partial charge in [0.2, 0.25) is 5.91 Å². The number of carbonyl (C=O) groups is 1. The molecular formula is C8H18N2O3. The second kappa shape index (κ2) is 5.90. The van der Waals surface area contributed by atoms with Gasteiger partial charge in [-0.05, 0) is 5.92 Å². The molecule has 0 spiro atoms. The normalized spacial score (nSPS) is 17.6. The predicted molar refractivity (Wildman–Crippen MR) is 48.7 cm³/mol. The van der Waals surface area contributed by atoms with E-state index in [1.165, 1.54) is 0 Å². The molecular weight excluding hydrogens is 172 g/mol. The van der Waals surface area contributed by atoms with Crippen molar-refractivity contribution in [3.8, 4) is 0 Å². The summed E-state index contributed by atoms with van der Waals surface area (Å²) in [7, 11) is 0. The van der Waals surface area contributed by atoms with Crippen molar-refractivity contribution in [1.82, 2.24) is 5.32 Å². The lowest BCUT2D eigenvalue weighted by atomic mass is 9.99. The Kier molecular flexibility index (Phi) is 5.61. The Hall–Kier alpha value is -0.650. The van der Waals surface area contributed by atoms with Crippen LogP contribution >= 0.6 is 0 Å². The summed E-state index contributed by atoms with van der Waals surface area (Å²) in [6.07, 6.45) is -0.424. The second-order valence-electron chi connectivity index (χ2n) is 3.12. The molecule has 0 radical (unpaired) electrons. The lowest BCUT2D eigenvalue weighted by Gasteiger charge is -2.19. The van der Waals surface area contributed by atoms with E-state index in [-0.39, 0.29) is 5.92 Å². The van der Waals surface area contributed by atoms with Crippen LogP contribution in [-0.4, -0.2) is 35.0 Å². The van der Waals surface area contributed by atoms with E-state index in [0.29, 0.717) is 0 Å². The number of aliphatic hydroxyl groups is 2. The molecule has 0 rings (SSSR count). The van der Waals surface area contributed by atoms with Gasteiger partial charge in [0.1, 0.15) is 6.23 Å². The number of rotatable bonds is 5. The molecule has 5 heteroatoms. The third-order valence-corrected chi connectivity index (χ3v) is 2.04. The highest BCUT2D eigenvalue weighted by Crippen LogP contribution is 2.04. The molecule has 0 aliphatic carbocycles. The fraction of sp³-hybridized carbons (Fsp3) is 0.875. The van der Waals surface area contributed by atoms with E-state index in [1.54, 1.807) is 0 Å². The molecule has 0 bridgehead atoms. The van der Waals surface area contributed by atoms with Gasteiger partial charge in [-0.3, -0.25) is 4.79 Å².